The maximum absolute atomic E-state index is 12.6. The minimum atomic E-state index is -3.31. The van der Waals surface area contributed by atoms with Crippen molar-refractivity contribution >= 4 is 23.6 Å². The number of alkyl halides is 2. The lowest BCUT2D eigenvalue weighted by Gasteiger charge is -2.12. The average Bonchev–Trinajstić information content (AvgIpc) is 2.35. The third-order valence-electron chi connectivity index (χ3n) is 2.07. The first kappa shape index (κ1) is 14.6. The van der Waals surface area contributed by atoms with Crippen molar-refractivity contribution in [1.29, 1.82) is 0 Å². The lowest BCUT2D eigenvalue weighted by atomic mass is 10.2. The van der Waals surface area contributed by atoms with Gasteiger partial charge in [-0.25, -0.2) is 8.78 Å². The second-order valence-corrected chi connectivity index (χ2v) is 3.99. The van der Waals surface area contributed by atoms with Crippen molar-refractivity contribution in [2.24, 2.45) is 0 Å². The number of hydrogen-bond donors (Lipinski definition) is 2. The van der Waals surface area contributed by atoms with Gasteiger partial charge in [-0.05, 0) is 17.7 Å². The first-order valence-corrected chi connectivity index (χ1v) is 5.51. The van der Waals surface area contributed by atoms with Gasteiger partial charge in [-0.1, -0.05) is 29.8 Å². The summed E-state index contributed by atoms with van der Waals surface area (Å²) in [4.78, 5) is 11.2. The number of aliphatic hydroxyl groups is 1. The summed E-state index contributed by atoms with van der Waals surface area (Å²) in [5.74, 6) is -3.99. The fourth-order valence-electron chi connectivity index (χ4n) is 1.11. The van der Waals surface area contributed by atoms with E-state index < -0.39 is 25.0 Å². The Kier molecular flexibility index (Phi) is 5.25. The van der Waals surface area contributed by atoms with Gasteiger partial charge in [0.2, 0.25) is 5.91 Å². The van der Waals surface area contributed by atoms with Crippen LogP contribution < -0.4 is 5.32 Å². The van der Waals surface area contributed by atoms with Crippen LogP contribution in [-0.2, 0) is 4.79 Å². The molecule has 0 bridgehead atoms. The lowest BCUT2D eigenvalue weighted by Crippen LogP contribution is -2.38. The van der Waals surface area contributed by atoms with Crippen LogP contribution in [0.1, 0.15) is 5.56 Å². The smallest absolute Gasteiger partial charge is 0.287 e. The van der Waals surface area contributed by atoms with E-state index in [1.807, 2.05) is 5.32 Å². The van der Waals surface area contributed by atoms with Gasteiger partial charge in [0.1, 0.15) is 6.61 Å². The van der Waals surface area contributed by atoms with Gasteiger partial charge in [-0.2, -0.15) is 0 Å². The largest absolute Gasteiger partial charge is 0.390 e. The molecule has 1 aromatic rings. The number of benzene rings is 1. The Morgan fingerprint density at radius 3 is 2.72 bits per heavy atom. The van der Waals surface area contributed by atoms with Crippen molar-refractivity contribution in [3.05, 3.63) is 40.9 Å². The van der Waals surface area contributed by atoms with Crippen LogP contribution in [0.5, 0.6) is 0 Å². The highest BCUT2D eigenvalue weighted by Crippen LogP contribution is 2.16. The topological polar surface area (TPSA) is 49.3 Å². The number of rotatable bonds is 5. The number of aliphatic hydroxyl groups excluding tert-OH is 1. The summed E-state index contributed by atoms with van der Waals surface area (Å²) in [7, 11) is 0. The molecule has 0 saturated carbocycles. The maximum atomic E-state index is 12.6. The van der Waals surface area contributed by atoms with E-state index in [9.17, 15) is 13.6 Å². The molecule has 2 N–H and O–H groups in total. The van der Waals surface area contributed by atoms with Crippen molar-refractivity contribution in [1.82, 2.24) is 5.32 Å². The minimum absolute atomic E-state index is 0.460. The number of halogens is 3. The van der Waals surface area contributed by atoms with Crippen LogP contribution in [0.15, 0.2) is 30.3 Å². The van der Waals surface area contributed by atoms with E-state index in [0.717, 1.165) is 6.08 Å². The summed E-state index contributed by atoms with van der Waals surface area (Å²) >= 11 is 5.84. The van der Waals surface area contributed by atoms with Crippen LogP contribution >= 0.6 is 11.6 Å². The summed E-state index contributed by atoms with van der Waals surface area (Å²) in [5, 5.41) is 10.8. The van der Waals surface area contributed by atoms with Gasteiger partial charge in [0.25, 0.3) is 5.92 Å². The Hall–Kier alpha value is -1.46. The van der Waals surface area contributed by atoms with E-state index in [-0.39, 0.29) is 0 Å². The monoisotopic (exact) mass is 275 g/mol. The molecule has 1 rings (SSSR count). The highest BCUT2D eigenvalue weighted by atomic mass is 35.5. The highest BCUT2D eigenvalue weighted by molar-refractivity contribution is 6.32. The molecule has 0 aliphatic carbocycles. The average molecular weight is 276 g/mol. The van der Waals surface area contributed by atoms with Gasteiger partial charge in [0.05, 0.1) is 6.54 Å². The van der Waals surface area contributed by atoms with Crippen LogP contribution in [0.3, 0.4) is 0 Å². The molecule has 0 fully saturated rings. The van der Waals surface area contributed by atoms with E-state index in [1.54, 1.807) is 24.3 Å². The molecule has 0 atom stereocenters. The summed E-state index contributed by atoms with van der Waals surface area (Å²) in [6.45, 7) is -2.21. The summed E-state index contributed by atoms with van der Waals surface area (Å²) in [5.41, 5.74) is 0.614. The molecule has 1 amide bonds. The first-order valence-electron chi connectivity index (χ1n) is 5.14. The quantitative estimate of drug-likeness (QED) is 0.809. The zero-order valence-corrected chi connectivity index (χ0v) is 10.1. The number of amides is 1. The summed E-state index contributed by atoms with van der Waals surface area (Å²) in [6.07, 6.45) is 2.53. The third kappa shape index (κ3) is 4.81. The molecule has 3 nitrogen and oxygen atoms in total. The SMILES string of the molecule is O=C(/C=C/c1ccccc1Cl)NCC(F)(F)CO. The van der Waals surface area contributed by atoms with Crippen molar-refractivity contribution < 1.29 is 18.7 Å². The van der Waals surface area contributed by atoms with Gasteiger partial charge in [0, 0.05) is 11.1 Å². The molecule has 0 spiro atoms. The molecule has 18 heavy (non-hydrogen) atoms. The fraction of sp³-hybridized carbons (Fsp3) is 0.250. The molecule has 0 unspecified atom stereocenters. The van der Waals surface area contributed by atoms with Gasteiger partial charge in [-0.3, -0.25) is 4.79 Å². The molecular formula is C12H12ClF2NO2. The Bertz CT molecular complexity index is 449. The molecule has 6 heteroatoms. The van der Waals surface area contributed by atoms with Gasteiger partial charge < -0.3 is 10.4 Å². The van der Waals surface area contributed by atoms with Crippen LogP contribution in [0.25, 0.3) is 6.08 Å². The van der Waals surface area contributed by atoms with E-state index in [1.165, 1.54) is 6.08 Å². The summed E-state index contributed by atoms with van der Waals surface area (Å²) < 4.78 is 25.3. The predicted octanol–water partition coefficient (Wildman–Crippen LogP) is 2.10. The molecule has 0 saturated heterocycles. The van der Waals surface area contributed by atoms with Crippen molar-refractivity contribution in [3.8, 4) is 0 Å². The number of carbonyl (C=O) groups is 1. The maximum Gasteiger partial charge on any atom is 0.287 e. The van der Waals surface area contributed by atoms with E-state index in [4.69, 9.17) is 16.7 Å². The number of nitrogens with one attached hydrogen (secondary N) is 1. The molecule has 0 aliphatic rings. The standard InChI is InChI=1S/C12H12ClF2NO2/c13-10-4-2-1-3-9(10)5-6-11(18)16-7-12(14,15)8-17/h1-6,17H,7-8H2,(H,16,18)/b6-5+. The Balaban J connectivity index is 2.53. The Labute approximate surface area is 108 Å². The number of hydrogen-bond acceptors (Lipinski definition) is 2. The van der Waals surface area contributed by atoms with E-state index in [2.05, 4.69) is 0 Å². The second kappa shape index (κ2) is 6.47. The van der Waals surface area contributed by atoms with Gasteiger partial charge in [0.15, 0.2) is 0 Å². The second-order valence-electron chi connectivity index (χ2n) is 3.59. The van der Waals surface area contributed by atoms with Gasteiger partial charge in [-0.15, -0.1) is 0 Å². The Morgan fingerprint density at radius 2 is 2.11 bits per heavy atom. The highest BCUT2D eigenvalue weighted by Gasteiger charge is 2.27. The molecule has 98 valence electrons. The summed E-state index contributed by atoms with van der Waals surface area (Å²) in [6, 6.07) is 6.82. The van der Waals surface area contributed by atoms with Crippen LogP contribution in [0.2, 0.25) is 5.02 Å². The van der Waals surface area contributed by atoms with Crippen LogP contribution in [0, 0.1) is 0 Å². The third-order valence-corrected chi connectivity index (χ3v) is 2.42. The zero-order chi connectivity index (χ0) is 13.6. The molecule has 0 radical (unpaired) electrons. The van der Waals surface area contributed by atoms with Crippen molar-refractivity contribution in [2.75, 3.05) is 13.2 Å². The number of carbonyl (C=O) groups excluding carboxylic acids is 1. The predicted molar refractivity (Wildman–Crippen MR) is 65.5 cm³/mol. The molecule has 0 aromatic heterocycles. The van der Waals surface area contributed by atoms with Crippen LogP contribution in [-0.4, -0.2) is 30.1 Å². The molecule has 1 aromatic carbocycles. The molecule has 0 aliphatic heterocycles. The van der Waals surface area contributed by atoms with Crippen molar-refractivity contribution in [3.63, 3.8) is 0 Å². The first-order chi connectivity index (χ1) is 8.44. The van der Waals surface area contributed by atoms with E-state index in [0.29, 0.717) is 10.6 Å². The van der Waals surface area contributed by atoms with Crippen molar-refractivity contribution in [2.45, 2.75) is 5.92 Å². The fourth-order valence-corrected chi connectivity index (χ4v) is 1.31. The zero-order valence-electron chi connectivity index (χ0n) is 9.37. The van der Waals surface area contributed by atoms with E-state index >= 15 is 0 Å². The minimum Gasteiger partial charge on any atom is -0.390 e. The van der Waals surface area contributed by atoms with Gasteiger partial charge >= 0.3 is 0 Å². The molecular weight excluding hydrogens is 264 g/mol. The Morgan fingerprint density at radius 1 is 1.44 bits per heavy atom. The lowest BCUT2D eigenvalue weighted by molar-refractivity contribution is -0.119. The normalized spacial score (nSPS) is 11.8. The van der Waals surface area contributed by atoms with Crippen LogP contribution in [0.4, 0.5) is 8.78 Å². The molecule has 0 heterocycles.